The third-order valence-electron chi connectivity index (χ3n) is 8.42. The number of hydrogen-bond acceptors (Lipinski definition) is 5. The van der Waals surface area contributed by atoms with Crippen molar-refractivity contribution < 1.29 is 36.6 Å². The van der Waals surface area contributed by atoms with Crippen molar-refractivity contribution in [2.45, 2.75) is 55.9 Å². The number of aromatic nitrogens is 1. The van der Waals surface area contributed by atoms with E-state index in [0.717, 1.165) is 23.8 Å². The van der Waals surface area contributed by atoms with Gasteiger partial charge >= 0.3 is 12.1 Å². The summed E-state index contributed by atoms with van der Waals surface area (Å²) in [5.41, 5.74) is -0.994. The molecule has 0 amide bonds. The highest BCUT2D eigenvalue weighted by Gasteiger charge is 2.38. The molecule has 0 saturated carbocycles. The Hall–Kier alpha value is -4.16. The van der Waals surface area contributed by atoms with E-state index in [-0.39, 0.29) is 34.4 Å². The fraction of sp³-hybridized carbons (Fsp3) is 0.314. The van der Waals surface area contributed by atoms with Gasteiger partial charge < -0.3 is 15.2 Å². The van der Waals surface area contributed by atoms with Crippen LogP contribution in [0.25, 0.3) is 11.1 Å². The van der Waals surface area contributed by atoms with Crippen LogP contribution in [-0.2, 0) is 17.4 Å². The van der Waals surface area contributed by atoms with Gasteiger partial charge in [0, 0.05) is 29.7 Å². The van der Waals surface area contributed by atoms with Crippen molar-refractivity contribution in [3.8, 4) is 16.9 Å². The number of alkyl halides is 3. The predicted molar refractivity (Wildman–Crippen MR) is 170 cm³/mol. The van der Waals surface area contributed by atoms with Gasteiger partial charge in [0.15, 0.2) is 11.6 Å². The van der Waals surface area contributed by atoms with Gasteiger partial charge in [-0.25, -0.2) is 8.78 Å². The van der Waals surface area contributed by atoms with Crippen LogP contribution in [0.15, 0.2) is 76.6 Å². The van der Waals surface area contributed by atoms with Crippen LogP contribution in [0.2, 0.25) is 0 Å². The highest BCUT2D eigenvalue weighted by molar-refractivity contribution is 7.99. The Morgan fingerprint density at radius 1 is 1.04 bits per heavy atom. The van der Waals surface area contributed by atoms with Crippen LogP contribution in [0.5, 0.6) is 5.75 Å². The summed E-state index contributed by atoms with van der Waals surface area (Å²) in [4.78, 5) is 25.5. The molecule has 6 nitrogen and oxygen atoms in total. The van der Waals surface area contributed by atoms with Crippen LogP contribution in [0.3, 0.4) is 0 Å². The molecule has 0 radical (unpaired) electrons. The van der Waals surface area contributed by atoms with E-state index in [1.54, 1.807) is 6.92 Å². The summed E-state index contributed by atoms with van der Waals surface area (Å²) in [6, 6.07) is 15.4. The molecule has 2 atom stereocenters. The Morgan fingerprint density at radius 3 is 2.45 bits per heavy atom. The monoisotopic (exact) mass is 672 g/mol. The summed E-state index contributed by atoms with van der Waals surface area (Å²) in [5.74, 6) is -2.51. The van der Waals surface area contributed by atoms with Gasteiger partial charge in [-0.1, -0.05) is 48.5 Å². The second kappa shape index (κ2) is 14.3. The smallest absolute Gasteiger partial charge is 0.416 e. The average molecular weight is 673 g/mol. The van der Waals surface area contributed by atoms with Crippen molar-refractivity contribution >= 4 is 17.7 Å². The summed E-state index contributed by atoms with van der Waals surface area (Å²) in [5, 5.41) is 12.9. The maximum Gasteiger partial charge on any atom is 0.416 e. The van der Waals surface area contributed by atoms with Gasteiger partial charge in [-0.15, -0.1) is 11.8 Å². The molecule has 1 aromatic heterocycles. The zero-order chi connectivity index (χ0) is 33.9. The quantitative estimate of drug-likeness (QED) is 0.118. The molecule has 47 heavy (non-hydrogen) atoms. The topological polar surface area (TPSA) is 80.6 Å². The lowest BCUT2D eigenvalue weighted by Crippen LogP contribution is -2.36. The second-order valence-electron chi connectivity index (χ2n) is 11.3. The van der Waals surface area contributed by atoms with E-state index in [4.69, 9.17) is 9.84 Å². The molecule has 2 unspecified atom stereocenters. The molecule has 1 aliphatic heterocycles. The second-order valence-corrected chi connectivity index (χ2v) is 12.3. The number of carbonyl (C=O) groups is 1. The number of nitrogens with one attached hydrogen (secondary N) is 1. The maximum absolute atomic E-state index is 15.8. The van der Waals surface area contributed by atoms with Crippen LogP contribution in [-0.4, -0.2) is 35.1 Å². The van der Waals surface area contributed by atoms with E-state index >= 15 is 8.78 Å². The predicted octanol–water partition coefficient (Wildman–Crippen LogP) is 7.95. The number of halogens is 5. The highest BCUT2D eigenvalue weighted by atomic mass is 32.2. The van der Waals surface area contributed by atoms with E-state index in [1.807, 2.05) is 30.3 Å². The molecule has 5 rings (SSSR count). The zero-order valence-corrected chi connectivity index (χ0v) is 26.5. The number of methoxy groups -OCH3 is 1. The Labute approximate surface area is 272 Å². The molecule has 4 aromatic rings. The number of nitrogens with zero attached hydrogens (tertiary/aromatic N) is 1. The van der Waals surface area contributed by atoms with Gasteiger partial charge in [0.05, 0.1) is 35.3 Å². The van der Waals surface area contributed by atoms with Crippen molar-refractivity contribution in [3.63, 3.8) is 0 Å². The third-order valence-corrected chi connectivity index (χ3v) is 9.64. The molecule has 0 bridgehead atoms. The van der Waals surface area contributed by atoms with E-state index < -0.39 is 59.0 Å². The van der Waals surface area contributed by atoms with Crippen molar-refractivity contribution in [2.75, 3.05) is 19.4 Å². The first-order valence-electron chi connectivity index (χ1n) is 15.0. The molecular weight excluding hydrogens is 639 g/mol. The van der Waals surface area contributed by atoms with Crippen molar-refractivity contribution in [2.24, 2.45) is 0 Å². The van der Waals surface area contributed by atoms with Gasteiger partial charge in [-0.2, -0.15) is 13.2 Å². The lowest BCUT2D eigenvalue weighted by Gasteiger charge is -2.28. The molecular formula is C35H33F5N2O4S. The molecule has 3 aromatic carbocycles. The molecule has 0 saturated heterocycles. The average Bonchev–Trinajstić information content (AvgIpc) is 3.47. The van der Waals surface area contributed by atoms with Crippen molar-refractivity contribution in [1.29, 1.82) is 0 Å². The zero-order valence-electron chi connectivity index (χ0n) is 25.7. The van der Waals surface area contributed by atoms with Gasteiger partial charge in [0.25, 0.3) is 5.56 Å². The Morgan fingerprint density at radius 2 is 1.77 bits per heavy atom. The number of unbranched alkanes of at least 4 members (excludes halogenated alkanes) is 1. The molecule has 0 aliphatic carbocycles. The first kappa shape index (κ1) is 34.2. The van der Waals surface area contributed by atoms with Gasteiger partial charge in [0.2, 0.25) is 0 Å². The normalized spacial score (nSPS) is 15.0. The number of carboxylic acid groups (broad SMARTS) is 1. The van der Waals surface area contributed by atoms with Crippen molar-refractivity contribution in [3.05, 3.63) is 117 Å². The van der Waals surface area contributed by atoms with E-state index in [9.17, 15) is 22.8 Å². The molecule has 0 fully saturated rings. The number of carboxylic acids is 1. The number of aliphatic carboxylic acids is 1. The first-order chi connectivity index (χ1) is 22.4. The van der Waals surface area contributed by atoms with Gasteiger partial charge in [-0.3, -0.25) is 14.2 Å². The summed E-state index contributed by atoms with van der Waals surface area (Å²) in [7, 11) is 1.28. The first-order valence-corrected chi connectivity index (χ1v) is 16.0. The number of hydrogen-bond donors (Lipinski definition) is 2. The lowest BCUT2D eigenvalue weighted by atomic mass is 9.91. The highest BCUT2D eigenvalue weighted by Crippen LogP contribution is 2.45. The number of rotatable bonds is 12. The number of fused-ring (bicyclic) bond motifs is 1. The molecule has 2 N–H and O–H groups in total. The summed E-state index contributed by atoms with van der Waals surface area (Å²) < 4.78 is 79.9. The molecule has 2 heterocycles. The number of benzene rings is 3. The standard InChI is InChI=1S/C35H33F5N2O4S/c1-20-23(18-24-25(35(38,39)40)13-9-14-26(24)36)34-42(33(45)30(20)22-12-8-15-28(46-2)31(22)37)27(19-47-34)32(21-10-4-3-5-11-21)41-17-7-6-16-29(43)44/h3-5,8-15,27,32,41H,6-7,16-19H2,1-2H3,(H,43,44). The fourth-order valence-electron chi connectivity index (χ4n) is 6.13. The lowest BCUT2D eigenvalue weighted by molar-refractivity contribution is -0.138. The van der Waals surface area contributed by atoms with Crippen molar-refractivity contribution in [1.82, 2.24) is 9.88 Å². The molecule has 1 aliphatic rings. The van der Waals surface area contributed by atoms with Crippen LogP contribution in [0.4, 0.5) is 22.0 Å². The van der Waals surface area contributed by atoms with E-state index in [2.05, 4.69) is 5.32 Å². The third kappa shape index (κ3) is 7.08. The Bertz CT molecular complexity index is 1830. The maximum atomic E-state index is 15.8. The van der Waals surface area contributed by atoms with Crippen LogP contribution in [0, 0.1) is 18.6 Å². The molecule has 0 spiro atoms. The minimum Gasteiger partial charge on any atom is -0.494 e. The summed E-state index contributed by atoms with van der Waals surface area (Å²) >= 11 is 1.28. The van der Waals surface area contributed by atoms with E-state index in [0.29, 0.717) is 30.2 Å². The van der Waals surface area contributed by atoms with Crippen LogP contribution >= 0.6 is 11.8 Å². The summed E-state index contributed by atoms with van der Waals surface area (Å²) in [6.45, 7) is 1.97. The largest absolute Gasteiger partial charge is 0.494 e. The number of ether oxygens (including phenoxy) is 1. The SMILES string of the molecule is COc1cccc(-c2c(C)c(Cc3c(F)cccc3C(F)(F)F)c3n(c2=O)C(C(NCCCCC(=O)O)c2ccccc2)CS3)c1F. The number of pyridine rings is 1. The number of thioether (sulfide) groups is 1. The minimum atomic E-state index is -4.83. The van der Waals surface area contributed by atoms with E-state index in [1.165, 1.54) is 41.6 Å². The van der Waals surface area contributed by atoms with Crippen LogP contribution < -0.4 is 15.6 Å². The molecule has 248 valence electrons. The Balaban J connectivity index is 1.71. The summed E-state index contributed by atoms with van der Waals surface area (Å²) in [6.07, 6.45) is -4.33. The van der Waals surface area contributed by atoms with Gasteiger partial charge in [-0.05, 0) is 61.2 Å². The van der Waals surface area contributed by atoms with Gasteiger partial charge in [0.1, 0.15) is 5.82 Å². The Kier molecular flexibility index (Phi) is 10.4. The molecule has 12 heteroatoms. The van der Waals surface area contributed by atoms with Crippen LogP contribution in [0.1, 0.15) is 59.2 Å². The minimum absolute atomic E-state index is 0.00726. The fourth-order valence-corrected chi connectivity index (χ4v) is 7.56.